The fraction of sp³-hybridized carbons (Fsp3) is 0.250. The van der Waals surface area contributed by atoms with Crippen molar-refractivity contribution in [2.45, 2.75) is 11.8 Å². The number of methoxy groups -OCH3 is 3. The first kappa shape index (κ1) is 21.3. The van der Waals surface area contributed by atoms with Crippen molar-refractivity contribution in [3.8, 4) is 29.1 Å². The second kappa shape index (κ2) is 9.26. The zero-order valence-electron chi connectivity index (χ0n) is 16.0. The molecule has 0 bridgehead atoms. The van der Waals surface area contributed by atoms with Crippen LogP contribution in [0.2, 0.25) is 0 Å². The molecule has 2 rings (SSSR count). The Kier molecular flexibility index (Phi) is 7.04. The molecule has 28 heavy (non-hydrogen) atoms. The largest absolute Gasteiger partial charge is 0.493 e. The second-order valence-corrected chi connectivity index (χ2v) is 7.45. The number of nitrogens with one attached hydrogen (secondary N) is 1. The van der Waals surface area contributed by atoms with Crippen molar-refractivity contribution < 1.29 is 27.4 Å². The maximum atomic E-state index is 12.3. The van der Waals surface area contributed by atoms with E-state index in [4.69, 9.17) is 14.2 Å². The molecule has 148 valence electrons. The molecule has 1 N–H and O–H groups in total. The van der Waals surface area contributed by atoms with Crippen molar-refractivity contribution in [2.75, 3.05) is 27.9 Å². The number of sulfonamides is 1. The first-order chi connectivity index (χ1) is 13.3. The van der Waals surface area contributed by atoms with E-state index in [2.05, 4.69) is 16.6 Å². The van der Waals surface area contributed by atoms with Gasteiger partial charge in [-0.2, -0.15) is 4.72 Å². The third kappa shape index (κ3) is 5.03. The fourth-order valence-electron chi connectivity index (χ4n) is 2.34. The van der Waals surface area contributed by atoms with Crippen LogP contribution in [0.1, 0.15) is 15.9 Å². The van der Waals surface area contributed by atoms with Gasteiger partial charge in [0.25, 0.3) is 0 Å². The summed E-state index contributed by atoms with van der Waals surface area (Å²) in [5.41, 5.74) is 1.19. The average Bonchev–Trinajstić information content (AvgIpc) is 2.70. The number of rotatable bonds is 7. The van der Waals surface area contributed by atoms with E-state index in [9.17, 15) is 13.2 Å². The number of benzene rings is 2. The molecule has 0 saturated carbocycles. The van der Waals surface area contributed by atoms with Crippen LogP contribution in [-0.4, -0.2) is 42.1 Å². The molecule has 0 aliphatic rings. The normalized spacial score (nSPS) is 10.6. The van der Waals surface area contributed by atoms with Crippen LogP contribution < -0.4 is 18.9 Å². The predicted molar refractivity (Wildman–Crippen MR) is 105 cm³/mol. The van der Waals surface area contributed by atoms with Gasteiger partial charge in [-0.15, -0.1) is 0 Å². The Balaban J connectivity index is 2.12. The van der Waals surface area contributed by atoms with E-state index in [-0.39, 0.29) is 17.0 Å². The summed E-state index contributed by atoms with van der Waals surface area (Å²) >= 11 is 0. The molecule has 0 unspecified atom stereocenters. The Labute approximate surface area is 164 Å². The van der Waals surface area contributed by atoms with Crippen LogP contribution in [0.15, 0.2) is 41.3 Å². The molecule has 0 spiro atoms. The molecule has 0 heterocycles. The van der Waals surface area contributed by atoms with Gasteiger partial charge in [-0.3, -0.25) is 4.79 Å². The molecule has 0 saturated heterocycles. The SMILES string of the molecule is COc1cc(C(=O)C#CCNS(=O)(=O)c2ccc(C)cc2)cc(OC)c1OC. The molecule has 8 heteroatoms. The number of carbonyl (C=O) groups is 1. The van der Waals surface area contributed by atoms with E-state index in [1.165, 1.54) is 45.6 Å². The second-order valence-electron chi connectivity index (χ2n) is 5.68. The topological polar surface area (TPSA) is 90.9 Å². The van der Waals surface area contributed by atoms with E-state index >= 15 is 0 Å². The zero-order valence-corrected chi connectivity index (χ0v) is 16.8. The number of hydrogen-bond donors (Lipinski definition) is 1. The lowest BCUT2D eigenvalue weighted by Crippen LogP contribution is -2.24. The minimum atomic E-state index is -3.69. The number of ketones is 1. The highest BCUT2D eigenvalue weighted by molar-refractivity contribution is 7.89. The van der Waals surface area contributed by atoms with E-state index < -0.39 is 15.8 Å². The minimum Gasteiger partial charge on any atom is -0.493 e. The van der Waals surface area contributed by atoms with Crippen molar-refractivity contribution in [3.63, 3.8) is 0 Å². The predicted octanol–water partition coefficient (Wildman–Crippen LogP) is 2.19. The highest BCUT2D eigenvalue weighted by Crippen LogP contribution is 2.38. The van der Waals surface area contributed by atoms with Gasteiger partial charge in [-0.05, 0) is 37.1 Å². The number of ether oxygens (including phenoxy) is 3. The molecule has 0 aliphatic carbocycles. The fourth-order valence-corrected chi connectivity index (χ4v) is 3.26. The summed E-state index contributed by atoms with van der Waals surface area (Å²) in [6.07, 6.45) is 0. The van der Waals surface area contributed by atoms with Crippen LogP contribution in [-0.2, 0) is 10.0 Å². The summed E-state index contributed by atoms with van der Waals surface area (Å²) in [5, 5.41) is 0. The molecular weight excluding hydrogens is 382 g/mol. The summed E-state index contributed by atoms with van der Waals surface area (Å²) in [7, 11) is 0.653. The molecule has 0 atom stereocenters. The molecule has 2 aromatic rings. The summed E-state index contributed by atoms with van der Waals surface area (Å²) in [6.45, 7) is 1.66. The summed E-state index contributed by atoms with van der Waals surface area (Å²) in [4.78, 5) is 12.4. The van der Waals surface area contributed by atoms with Crippen LogP contribution in [0, 0.1) is 18.8 Å². The monoisotopic (exact) mass is 403 g/mol. The lowest BCUT2D eigenvalue weighted by molar-refractivity contribution is 0.105. The molecule has 0 amide bonds. The Morgan fingerprint density at radius 3 is 2.07 bits per heavy atom. The van der Waals surface area contributed by atoms with E-state index in [0.29, 0.717) is 17.2 Å². The van der Waals surface area contributed by atoms with E-state index in [0.717, 1.165) is 5.56 Å². The maximum Gasteiger partial charge on any atom is 0.241 e. The van der Waals surface area contributed by atoms with Gasteiger partial charge in [0.2, 0.25) is 21.6 Å². The molecular formula is C20H21NO6S. The minimum absolute atomic E-state index is 0.135. The first-order valence-electron chi connectivity index (χ1n) is 8.22. The number of hydrogen-bond acceptors (Lipinski definition) is 6. The number of Topliss-reactive ketones (excluding diaryl/α,β-unsaturated/α-hetero) is 1. The van der Waals surface area contributed by atoms with Crippen molar-refractivity contribution in [2.24, 2.45) is 0 Å². The molecule has 0 radical (unpaired) electrons. The maximum absolute atomic E-state index is 12.3. The molecule has 2 aromatic carbocycles. The molecule has 7 nitrogen and oxygen atoms in total. The lowest BCUT2D eigenvalue weighted by Gasteiger charge is -2.12. The quantitative estimate of drug-likeness (QED) is 0.433. The Bertz CT molecular complexity index is 992. The Morgan fingerprint density at radius 1 is 1.00 bits per heavy atom. The third-order valence-corrected chi connectivity index (χ3v) is 5.23. The van der Waals surface area contributed by atoms with Gasteiger partial charge >= 0.3 is 0 Å². The van der Waals surface area contributed by atoms with Crippen molar-refractivity contribution in [1.82, 2.24) is 4.72 Å². The Morgan fingerprint density at radius 2 is 1.57 bits per heavy atom. The van der Waals surface area contributed by atoms with Gasteiger partial charge in [-0.1, -0.05) is 23.6 Å². The zero-order chi connectivity index (χ0) is 20.7. The highest BCUT2D eigenvalue weighted by Gasteiger charge is 2.16. The molecule has 0 aliphatic heterocycles. The van der Waals surface area contributed by atoms with Gasteiger partial charge in [-0.25, -0.2) is 8.42 Å². The van der Waals surface area contributed by atoms with Gasteiger partial charge in [0.15, 0.2) is 11.5 Å². The van der Waals surface area contributed by atoms with Gasteiger partial charge < -0.3 is 14.2 Å². The number of carbonyl (C=O) groups excluding carboxylic acids is 1. The van der Waals surface area contributed by atoms with Crippen molar-refractivity contribution in [3.05, 3.63) is 47.5 Å². The number of aryl methyl sites for hydroxylation is 1. The Hall–Kier alpha value is -3.02. The standard InChI is InChI=1S/C20H21NO6S/c1-14-7-9-16(10-8-14)28(23,24)21-11-5-6-17(22)15-12-18(25-2)20(27-4)19(13-15)26-3/h7-10,12-13,21H,11H2,1-4H3. The summed E-state index contributed by atoms with van der Waals surface area (Å²) in [6, 6.07) is 9.38. The highest BCUT2D eigenvalue weighted by atomic mass is 32.2. The van der Waals surface area contributed by atoms with Gasteiger partial charge in [0, 0.05) is 5.56 Å². The van der Waals surface area contributed by atoms with Crippen LogP contribution in [0.5, 0.6) is 17.2 Å². The first-order valence-corrected chi connectivity index (χ1v) is 9.70. The van der Waals surface area contributed by atoms with Crippen LogP contribution >= 0.6 is 0 Å². The van der Waals surface area contributed by atoms with Crippen LogP contribution in [0.4, 0.5) is 0 Å². The average molecular weight is 403 g/mol. The lowest BCUT2D eigenvalue weighted by atomic mass is 10.1. The molecule has 0 fully saturated rings. The molecule has 0 aromatic heterocycles. The van der Waals surface area contributed by atoms with Crippen molar-refractivity contribution >= 4 is 15.8 Å². The van der Waals surface area contributed by atoms with Gasteiger partial charge in [0.1, 0.15) is 0 Å². The van der Waals surface area contributed by atoms with Crippen LogP contribution in [0.3, 0.4) is 0 Å². The summed E-state index contributed by atoms with van der Waals surface area (Å²) in [5.74, 6) is 5.43. The van der Waals surface area contributed by atoms with E-state index in [1.54, 1.807) is 12.1 Å². The smallest absolute Gasteiger partial charge is 0.241 e. The van der Waals surface area contributed by atoms with E-state index in [1.807, 2.05) is 6.92 Å². The van der Waals surface area contributed by atoms with Gasteiger partial charge in [0.05, 0.1) is 32.8 Å². The third-order valence-electron chi connectivity index (χ3n) is 3.81. The van der Waals surface area contributed by atoms with Crippen LogP contribution in [0.25, 0.3) is 0 Å². The van der Waals surface area contributed by atoms with Crippen molar-refractivity contribution in [1.29, 1.82) is 0 Å². The summed E-state index contributed by atoms with van der Waals surface area (Å²) < 4.78 is 42.3.